The van der Waals surface area contributed by atoms with Crippen LogP contribution >= 0.6 is 0 Å². The number of nitrogens with zero attached hydrogens (tertiary/aromatic N) is 2. The highest BCUT2D eigenvalue weighted by molar-refractivity contribution is 6.35. The summed E-state index contributed by atoms with van der Waals surface area (Å²) in [6.07, 6.45) is 3.85. The van der Waals surface area contributed by atoms with Crippen molar-refractivity contribution in [1.29, 1.82) is 0 Å². The number of hydrogen-bond donors (Lipinski definition) is 1. The second kappa shape index (κ2) is 8.30. The molecule has 1 N–H and O–H groups in total. The molecule has 2 aliphatic rings. The van der Waals surface area contributed by atoms with Crippen molar-refractivity contribution in [2.75, 3.05) is 45.9 Å². The van der Waals surface area contributed by atoms with Crippen molar-refractivity contribution >= 4 is 11.8 Å². The van der Waals surface area contributed by atoms with E-state index in [1.165, 1.54) is 0 Å². The first kappa shape index (κ1) is 17.0. The van der Waals surface area contributed by atoms with Crippen LogP contribution in [0, 0.1) is 5.92 Å². The summed E-state index contributed by atoms with van der Waals surface area (Å²) in [7, 11) is 0. The van der Waals surface area contributed by atoms with Gasteiger partial charge in [-0.3, -0.25) is 14.5 Å². The van der Waals surface area contributed by atoms with Crippen molar-refractivity contribution in [3.05, 3.63) is 24.2 Å². The lowest BCUT2D eigenvalue weighted by atomic mass is 9.98. The molecule has 1 atom stereocenters. The molecule has 0 bridgehead atoms. The molecule has 1 aromatic heterocycles. The molecule has 3 heterocycles. The standard InChI is InChI=1S/C17H25N3O4/c21-16(17(22)20-6-9-23-10-7-20)18-11-14-3-1-5-19(12-14)13-15-4-2-8-24-15/h2,4,8,14H,1,3,5-7,9-13H2,(H,18,21). The van der Waals surface area contributed by atoms with Crippen LogP contribution in [0.4, 0.5) is 0 Å². The Hall–Kier alpha value is -1.86. The van der Waals surface area contributed by atoms with Gasteiger partial charge < -0.3 is 19.4 Å². The molecule has 2 aliphatic heterocycles. The molecule has 0 radical (unpaired) electrons. The molecule has 2 saturated heterocycles. The number of morpholine rings is 1. The molecular formula is C17H25N3O4. The number of likely N-dealkylation sites (tertiary alicyclic amines) is 1. The number of carbonyl (C=O) groups is 2. The minimum absolute atomic E-state index is 0.371. The summed E-state index contributed by atoms with van der Waals surface area (Å²) in [6, 6.07) is 3.88. The SMILES string of the molecule is O=C(NCC1CCCN(Cc2ccco2)C1)C(=O)N1CCOCC1. The summed E-state index contributed by atoms with van der Waals surface area (Å²) >= 11 is 0. The molecule has 3 rings (SSSR count). The highest BCUT2D eigenvalue weighted by Crippen LogP contribution is 2.18. The van der Waals surface area contributed by atoms with Crippen molar-refractivity contribution in [2.45, 2.75) is 19.4 Å². The smallest absolute Gasteiger partial charge is 0.312 e. The second-order valence-electron chi connectivity index (χ2n) is 6.44. The zero-order valence-electron chi connectivity index (χ0n) is 13.9. The van der Waals surface area contributed by atoms with Gasteiger partial charge in [0.15, 0.2) is 0 Å². The molecule has 2 amide bonds. The van der Waals surface area contributed by atoms with Crippen LogP contribution in [-0.2, 0) is 20.9 Å². The first-order valence-corrected chi connectivity index (χ1v) is 8.62. The van der Waals surface area contributed by atoms with E-state index < -0.39 is 11.8 Å². The van der Waals surface area contributed by atoms with Gasteiger partial charge in [-0.1, -0.05) is 0 Å². The van der Waals surface area contributed by atoms with Gasteiger partial charge in [0.1, 0.15) is 5.76 Å². The highest BCUT2D eigenvalue weighted by Gasteiger charge is 2.25. The molecule has 7 heteroatoms. The Morgan fingerprint density at radius 3 is 2.83 bits per heavy atom. The molecule has 2 fully saturated rings. The van der Waals surface area contributed by atoms with Crippen LogP contribution in [0.1, 0.15) is 18.6 Å². The summed E-state index contributed by atoms with van der Waals surface area (Å²) < 4.78 is 10.6. The van der Waals surface area contributed by atoms with Gasteiger partial charge in [-0.05, 0) is 37.4 Å². The summed E-state index contributed by atoms with van der Waals surface area (Å²) in [5.41, 5.74) is 0. The first-order valence-electron chi connectivity index (χ1n) is 8.62. The molecule has 132 valence electrons. The van der Waals surface area contributed by atoms with Crippen molar-refractivity contribution in [3.8, 4) is 0 Å². The lowest BCUT2D eigenvalue weighted by Crippen LogP contribution is -2.49. The van der Waals surface area contributed by atoms with E-state index in [1.807, 2.05) is 12.1 Å². The Labute approximate surface area is 141 Å². The maximum absolute atomic E-state index is 12.1. The van der Waals surface area contributed by atoms with Gasteiger partial charge in [0, 0.05) is 26.2 Å². The van der Waals surface area contributed by atoms with Gasteiger partial charge >= 0.3 is 11.8 Å². The predicted molar refractivity (Wildman–Crippen MR) is 87.1 cm³/mol. The van der Waals surface area contributed by atoms with Crippen LogP contribution in [0.15, 0.2) is 22.8 Å². The minimum atomic E-state index is -0.500. The predicted octanol–water partition coefficient (Wildman–Crippen LogP) is 0.467. The van der Waals surface area contributed by atoms with Crippen LogP contribution in [0.2, 0.25) is 0 Å². The van der Waals surface area contributed by atoms with E-state index in [-0.39, 0.29) is 0 Å². The highest BCUT2D eigenvalue weighted by atomic mass is 16.5. The maximum atomic E-state index is 12.1. The Morgan fingerprint density at radius 1 is 1.25 bits per heavy atom. The summed E-state index contributed by atoms with van der Waals surface area (Å²) in [6.45, 7) is 5.28. The number of rotatable bonds is 4. The largest absolute Gasteiger partial charge is 0.468 e. The van der Waals surface area contributed by atoms with E-state index >= 15 is 0 Å². The van der Waals surface area contributed by atoms with Gasteiger partial charge in [-0.25, -0.2) is 0 Å². The average molecular weight is 335 g/mol. The normalized spacial score (nSPS) is 22.3. The molecule has 0 aromatic carbocycles. The first-order chi connectivity index (χ1) is 11.7. The number of furan rings is 1. The van der Waals surface area contributed by atoms with E-state index in [4.69, 9.17) is 9.15 Å². The average Bonchev–Trinajstić information content (AvgIpc) is 3.13. The van der Waals surface area contributed by atoms with Crippen LogP contribution in [-0.4, -0.2) is 67.6 Å². The number of ether oxygens (including phenoxy) is 1. The van der Waals surface area contributed by atoms with Crippen LogP contribution in [0.3, 0.4) is 0 Å². The Bertz CT molecular complexity index is 540. The summed E-state index contributed by atoms with van der Waals surface area (Å²) in [5.74, 6) is 0.388. The topological polar surface area (TPSA) is 75.0 Å². The molecule has 0 saturated carbocycles. The number of hydrogen-bond acceptors (Lipinski definition) is 5. The monoisotopic (exact) mass is 335 g/mol. The van der Waals surface area contributed by atoms with Crippen molar-refractivity contribution in [1.82, 2.24) is 15.1 Å². The Morgan fingerprint density at radius 2 is 2.08 bits per heavy atom. The van der Waals surface area contributed by atoms with Crippen molar-refractivity contribution < 1.29 is 18.7 Å². The van der Waals surface area contributed by atoms with Gasteiger partial charge in [-0.15, -0.1) is 0 Å². The molecule has 0 aliphatic carbocycles. The zero-order valence-corrected chi connectivity index (χ0v) is 13.9. The fraction of sp³-hybridized carbons (Fsp3) is 0.647. The van der Waals surface area contributed by atoms with E-state index in [1.54, 1.807) is 11.2 Å². The van der Waals surface area contributed by atoms with E-state index in [9.17, 15) is 9.59 Å². The third kappa shape index (κ3) is 4.58. The number of amides is 2. The molecule has 0 spiro atoms. The number of nitrogens with one attached hydrogen (secondary N) is 1. The summed E-state index contributed by atoms with van der Waals surface area (Å²) in [5, 5.41) is 2.81. The molecular weight excluding hydrogens is 310 g/mol. The molecule has 24 heavy (non-hydrogen) atoms. The lowest BCUT2D eigenvalue weighted by Gasteiger charge is -2.32. The third-order valence-corrected chi connectivity index (χ3v) is 4.61. The molecule has 1 aromatic rings. The zero-order chi connectivity index (χ0) is 16.8. The fourth-order valence-electron chi connectivity index (χ4n) is 3.31. The van der Waals surface area contributed by atoms with Gasteiger partial charge in [0.2, 0.25) is 0 Å². The van der Waals surface area contributed by atoms with Gasteiger partial charge in [0.05, 0.1) is 26.0 Å². The molecule has 1 unspecified atom stereocenters. The fourth-order valence-corrected chi connectivity index (χ4v) is 3.31. The van der Waals surface area contributed by atoms with Gasteiger partial charge in [-0.2, -0.15) is 0 Å². The maximum Gasteiger partial charge on any atom is 0.312 e. The van der Waals surface area contributed by atoms with E-state index in [0.717, 1.165) is 38.2 Å². The lowest BCUT2D eigenvalue weighted by molar-refractivity contribution is -0.148. The van der Waals surface area contributed by atoms with Crippen LogP contribution in [0.5, 0.6) is 0 Å². The Balaban J connectivity index is 1.42. The second-order valence-corrected chi connectivity index (χ2v) is 6.44. The Kier molecular flexibility index (Phi) is 5.87. The molecule has 7 nitrogen and oxygen atoms in total. The number of piperidine rings is 1. The van der Waals surface area contributed by atoms with Crippen molar-refractivity contribution in [2.24, 2.45) is 5.92 Å². The van der Waals surface area contributed by atoms with Crippen LogP contribution in [0.25, 0.3) is 0 Å². The van der Waals surface area contributed by atoms with E-state index in [0.29, 0.717) is 38.8 Å². The minimum Gasteiger partial charge on any atom is -0.468 e. The number of carbonyl (C=O) groups excluding carboxylic acids is 2. The van der Waals surface area contributed by atoms with Crippen molar-refractivity contribution in [3.63, 3.8) is 0 Å². The van der Waals surface area contributed by atoms with E-state index in [2.05, 4.69) is 10.2 Å². The summed E-state index contributed by atoms with van der Waals surface area (Å²) in [4.78, 5) is 28.0. The quantitative estimate of drug-likeness (QED) is 0.810. The third-order valence-electron chi connectivity index (χ3n) is 4.61. The van der Waals surface area contributed by atoms with Crippen LogP contribution < -0.4 is 5.32 Å². The van der Waals surface area contributed by atoms with Gasteiger partial charge in [0.25, 0.3) is 0 Å².